The number of hydrogen-bond acceptors (Lipinski definition) is 3. The van der Waals surface area contributed by atoms with Crippen LogP contribution in [0.5, 0.6) is 11.5 Å². The SMILES string of the molecule is COc1cc([C@@H]2Nc3c(F)cc(F)cc3[C@@H]3C=CC[C@H]32)cc(Br)c1OCc1ccc(Cl)cc1Cl. The van der Waals surface area contributed by atoms with Crippen LogP contribution in [-0.4, -0.2) is 7.11 Å². The Morgan fingerprint density at radius 1 is 1.12 bits per heavy atom. The van der Waals surface area contributed by atoms with E-state index in [1.54, 1.807) is 19.2 Å². The Hall–Kier alpha value is -2.28. The van der Waals surface area contributed by atoms with E-state index in [1.807, 2.05) is 24.3 Å². The second-order valence-electron chi connectivity index (χ2n) is 8.39. The van der Waals surface area contributed by atoms with Crippen LogP contribution < -0.4 is 14.8 Å². The lowest BCUT2D eigenvalue weighted by atomic mass is 9.77. The molecular formula is C26H20BrCl2F2NO2. The standard InChI is InChI=1S/C26H20BrCl2F2NO2/c1-33-23-8-14(7-20(27)26(23)34-12-13-5-6-15(28)9-21(13)29)24-18-4-2-3-17(18)19-10-16(30)11-22(31)25(19)32-24/h2-3,5-11,17-18,24,32H,4,12H2,1H3/t17-,18-,24+/m1/s1. The molecule has 3 aromatic carbocycles. The molecule has 0 unspecified atom stereocenters. The van der Waals surface area contributed by atoms with Gasteiger partial charge in [-0.3, -0.25) is 0 Å². The maximum Gasteiger partial charge on any atom is 0.175 e. The van der Waals surface area contributed by atoms with Gasteiger partial charge in [-0.2, -0.15) is 0 Å². The van der Waals surface area contributed by atoms with Gasteiger partial charge in [0.15, 0.2) is 11.5 Å². The van der Waals surface area contributed by atoms with Gasteiger partial charge in [-0.1, -0.05) is 41.4 Å². The molecule has 0 radical (unpaired) electrons. The summed E-state index contributed by atoms with van der Waals surface area (Å²) in [6.07, 6.45) is 4.91. The minimum Gasteiger partial charge on any atom is -0.493 e. The number of allylic oxidation sites excluding steroid dienone is 2. The highest BCUT2D eigenvalue weighted by molar-refractivity contribution is 9.10. The average Bonchev–Trinajstić information content (AvgIpc) is 3.29. The van der Waals surface area contributed by atoms with E-state index in [1.165, 1.54) is 6.07 Å². The fraction of sp³-hybridized carbons (Fsp3) is 0.231. The number of methoxy groups -OCH3 is 1. The highest BCUT2D eigenvalue weighted by atomic mass is 79.9. The Balaban J connectivity index is 1.47. The summed E-state index contributed by atoms with van der Waals surface area (Å²) >= 11 is 15.9. The maximum absolute atomic E-state index is 14.7. The lowest BCUT2D eigenvalue weighted by molar-refractivity contribution is 0.282. The lowest BCUT2D eigenvalue weighted by Gasteiger charge is -2.38. The first-order valence-corrected chi connectivity index (χ1v) is 12.3. The minimum absolute atomic E-state index is 0.0702. The van der Waals surface area contributed by atoms with Gasteiger partial charge < -0.3 is 14.8 Å². The van der Waals surface area contributed by atoms with Crippen LogP contribution >= 0.6 is 39.1 Å². The summed E-state index contributed by atoms with van der Waals surface area (Å²) in [5.41, 5.74) is 2.69. The zero-order valence-corrected chi connectivity index (χ0v) is 21.1. The molecule has 1 aliphatic heterocycles. The van der Waals surface area contributed by atoms with Crippen molar-refractivity contribution in [1.82, 2.24) is 0 Å². The number of anilines is 1. The zero-order chi connectivity index (χ0) is 24.0. The number of benzene rings is 3. The van der Waals surface area contributed by atoms with E-state index < -0.39 is 11.6 Å². The van der Waals surface area contributed by atoms with Crippen molar-refractivity contribution < 1.29 is 18.3 Å². The van der Waals surface area contributed by atoms with Crippen molar-refractivity contribution in [2.45, 2.75) is 25.0 Å². The number of fused-ring (bicyclic) bond motifs is 3. The fourth-order valence-corrected chi connectivity index (χ4v) is 5.84. The molecule has 2 aliphatic rings. The van der Waals surface area contributed by atoms with Crippen LogP contribution in [0.3, 0.4) is 0 Å². The summed E-state index contributed by atoms with van der Waals surface area (Å²) in [5, 5.41) is 4.39. The maximum atomic E-state index is 14.7. The molecule has 0 fully saturated rings. The lowest BCUT2D eigenvalue weighted by Crippen LogP contribution is -2.30. The van der Waals surface area contributed by atoms with Crippen molar-refractivity contribution >= 4 is 44.8 Å². The van der Waals surface area contributed by atoms with Crippen molar-refractivity contribution in [3.8, 4) is 11.5 Å². The van der Waals surface area contributed by atoms with E-state index in [0.29, 0.717) is 37.3 Å². The Morgan fingerprint density at radius 2 is 1.94 bits per heavy atom. The third-order valence-electron chi connectivity index (χ3n) is 6.38. The predicted molar refractivity (Wildman–Crippen MR) is 134 cm³/mol. The topological polar surface area (TPSA) is 30.5 Å². The molecule has 1 N–H and O–H groups in total. The van der Waals surface area contributed by atoms with Gasteiger partial charge in [0.25, 0.3) is 0 Å². The number of rotatable bonds is 5. The Kier molecular flexibility index (Phi) is 6.49. The summed E-state index contributed by atoms with van der Waals surface area (Å²) in [6, 6.07) is 11.2. The smallest absolute Gasteiger partial charge is 0.175 e. The first-order valence-electron chi connectivity index (χ1n) is 10.7. The van der Waals surface area contributed by atoms with Gasteiger partial charge in [0.2, 0.25) is 0 Å². The number of halogens is 5. The third kappa shape index (κ3) is 4.28. The second-order valence-corrected chi connectivity index (χ2v) is 10.1. The molecule has 176 valence electrons. The molecule has 3 aromatic rings. The first-order chi connectivity index (χ1) is 16.4. The summed E-state index contributed by atoms with van der Waals surface area (Å²) in [7, 11) is 1.57. The Labute approximate surface area is 214 Å². The van der Waals surface area contributed by atoms with Crippen LogP contribution in [0.25, 0.3) is 0 Å². The second kappa shape index (κ2) is 9.40. The van der Waals surface area contributed by atoms with Crippen LogP contribution in [-0.2, 0) is 6.61 Å². The molecule has 0 saturated carbocycles. The van der Waals surface area contributed by atoms with Crippen molar-refractivity contribution in [3.63, 3.8) is 0 Å². The van der Waals surface area contributed by atoms with Crippen molar-refractivity contribution in [2.75, 3.05) is 12.4 Å². The van der Waals surface area contributed by atoms with E-state index in [0.717, 1.165) is 23.6 Å². The average molecular weight is 567 g/mol. The molecule has 3 nitrogen and oxygen atoms in total. The molecule has 0 saturated heterocycles. The van der Waals surface area contributed by atoms with E-state index in [-0.39, 0.29) is 24.5 Å². The Morgan fingerprint density at radius 3 is 2.71 bits per heavy atom. The molecule has 34 heavy (non-hydrogen) atoms. The molecule has 0 bridgehead atoms. The number of hydrogen-bond donors (Lipinski definition) is 1. The normalized spacial score (nSPS) is 20.5. The predicted octanol–water partition coefficient (Wildman–Crippen LogP) is 8.45. The van der Waals surface area contributed by atoms with E-state index in [2.05, 4.69) is 27.3 Å². The molecular weight excluding hydrogens is 547 g/mol. The summed E-state index contributed by atoms with van der Waals surface area (Å²) in [5.74, 6) is -0.0528. The first kappa shape index (κ1) is 23.5. The van der Waals surface area contributed by atoms with Crippen LogP contribution in [0.2, 0.25) is 10.0 Å². The monoisotopic (exact) mass is 565 g/mol. The quantitative estimate of drug-likeness (QED) is 0.314. The summed E-state index contributed by atoms with van der Waals surface area (Å²) in [4.78, 5) is 0. The third-order valence-corrected chi connectivity index (χ3v) is 7.56. The fourth-order valence-electron chi connectivity index (χ4n) is 4.80. The van der Waals surface area contributed by atoms with E-state index in [4.69, 9.17) is 32.7 Å². The molecule has 8 heteroatoms. The molecule has 5 rings (SSSR count). The highest BCUT2D eigenvalue weighted by Gasteiger charge is 2.39. The van der Waals surface area contributed by atoms with Crippen LogP contribution in [0.1, 0.15) is 35.1 Å². The van der Waals surface area contributed by atoms with E-state index >= 15 is 0 Å². The van der Waals surface area contributed by atoms with E-state index in [9.17, 15) is 8.78 Å². The van der Waals surface area contributed by atoms with Crippen LogP contribution in [0.15, 0.2) is 59.1 Å². The van der Waals surface area contributed by atoms with Gasteiger partial charge in [0, 0.05) is 27.6 Å². The number of ether oxygens (including phenoxy) is 2. The molecule has 3 atom stereocenters. The van der Waals surface area contributed by atoms with Crippen molar-refractivity contribution in [2.24, 2.45) is 5.92 Å². The summed E-state index contributed by atoms with van der Waals surface area (Å²) in [6.45, 7) is 0.227. The van der Waals surface area contributed by atoms with Gasteiger partial charge in [0.1, 0.15) is 18.2 Å². The molecule has 0 amide bonds. The largest absolute Gasteiger partial charge is 0.493 e. The molecule has 0 aromatic heterocycles. The van der Waals surface area contributed by atoms with Crippen LogP contribution in [0, 0.1) is 17.6 Å². The van der Waals surface area contributed by atoms with Crippen LogP contribution in [0.4, 0.5) is 14.5 Å². The molecule has 1 aliphatic carbocycles. The van der Waals surface area contributed by atoms with Gasteiger partial charge in [-0.05, 0) is 69.7 Å². The molecule has 0 spiro atoms. The van der Waals surface area contributed by atoms with Gasteiger partial charge in [0.05, 0.1) is 23.3 Å². The summed E-state index contributed by atoms with van der Waals surface area (Å²) < 4.78 is 41.0. The number of nitrogens with one attached hydrogen (secondary N) is 1. The van der Waals surface area contributed by atoms with Gasteiger partial charge in [-0.25, -0.2) is 8.78 Å². The van der Waals surface area contributed by atoms with Crippen molar-refractivity contribution in [1.29, 1.82) is 0 Å². The van der Waals surface area contributed by atoms with Crippen molar-refractivity contribution in [3.05, 3.63) is 97.5 Å². The Bertz CT molecular complexity index is 1300. The van der Waals surface area contributed by atoms with Gasteiger partial charge >= 0.3 is 0 Å². The van der Waals surface area contributed by atoms with Gasteiger partial charge in [-0.15, -0.1) is 0 Å². The zero-order valence-electron chi connectivity index (χ0n) is 18.0. The minimum atomic E-state index is -0.593. The highest BCUT2D eigenvalue weighted by Crippen LogP contribution is 2.52. The molecule has 1 heterocycles.